The predicted octanol–water partition coefficient (Wildman–Crippen LogP) is 1.30. The fraction of sp³-hybridized carbons (Fsp3) is 0.692. The first-order valence-corrected chi connectivity index (χ1v) is 7.62. The van der Waals surface area contributed by atoms with E-state index in [-0.39, 0.29) is 12.0 Å². The molecule has 1 saturated heterocycles. The van der Waals surface area contributed by atoms with Gasteiger partial charge in [-0.25, -0.2) is 4.98 Å². The highest BCUT2D eigenvalue weighted by molar-refractivity contribution is 7.13. The molecule has 3 rings (SSSR count). The van der Waals surface area contributed by atoms with Crippen molar-refractivity contribution in [2.45, 2.75) is 32.4 Å². The van der Waals surface area contributed by atoms with Gasteiger partial charge in [0.15, 0.2) is 5.13 Å². The number of likely N-dealkylation sites (tertiary alicyclic amines) is 1. The number of hydrogen-bond donors (Lipinski definition) is 2. The number of hydrogen-bond acceptors (Lipinski definition) is 5. The van der Waals surface area contributed by atoms with E-state index in [9.17, 15) is 9.90 Å². The summed E-state index contributed by atoms with van der Waals surface area (Å²) in [5.41, 5.74) is 1.00. The number of rotatable bonds is 3. The first kappa shape index (κ1) is 13.0. The second kappa shape index (κ2) is 5.19. The van der Waals surface area contributed by atoms with Gasteiger partial charge in [0, 0.05) is 37.9 Å². The lowest BCUT2D eigenvalue weighted by molar-refractivity contribution is -0.114. The van der Waals surface area contributed by atoms with Crippen LogP contribution in [-0.4, -0.2) is 40.1 Å². The number of thiazole rings is 1. The van der Waals surface area contributed by atoms with Gasteiger partial charge in [-0.1, -0.05) is 0 Å². The van der Waals surface area contributed by atoms with Gasteiger partial charge in [-0.3, -0.25) is 9.69 Å². The Bertz CT molecular complexity index is 476. The number of carbonyl (C=O) groups excluding carboxylic acids is 1. The van der Waals surface area contributed by atoms with Gasteiger partial charge in [0.05, 0.1) is 11.8 Å². The lowest BCUT2D eigenvalue weighted by Crippen LogP contribution is -2.24. The van der Waals surface area contributed by atoms with Crippen LogP contribution in [0, 0.1) is 11.8 Å². The molecule has 104 valence electrons. The van der Waals surface area contributed by atoms with Crippen molar-refractivity contribution < 1.29 is 9.90 Å². The maximum absolute atomic E-state index is 11.0. The molecule has 0 bridgehead atoms. The van der Waals surface area contributed by atoms with Crippen molar-refractivity contribution in [1.29, 1.82) is 0 Å². The molecule has 2 fully saturated rings. The zero-order valence-electron chi connectivity index (χ0n) is 11.0. The summed E-state index contributed by atoms with van der Waals surface area (Å²) in [7, 11) is 0. The quantitative estimate of drug-likeness (QED) is 0.876. The summed E-state index contributed by atoms with van der Waals surface area (Å²) in [6.07, 6.45) is 2.00. The molecule has 1 amide bonds. The van der Waals surface area contributed by atoms with Gasteiger partial charge in [0.25, 0.3) is 0 Å². The van der Waals surface area contributed by atoms with E-state index in [1.807, 2.05) is 5.38 Å². The molecule has 19 heavy (non-hydrogen) atoms. The predicted molar refractivity (Wildman–Crippen MR) is 73.9 cm³/mol. The monoisotopic (exact) mass is 281 g/mol. The average molecular weight is 281 g/mol. The van der Waals surface area contributed by atoms with Crippen LogP contribution in [0.4, 0.5) is 5.13 Å². The number of fused-ring (bicyclic) bond motifs is 1. The van der Waals surface area contributed by atoms with Crippen LogP contribution in [-0.2, 0) is 11.3 Å². The molecule has 1 aromatic rings. The first-order valence-electron chi connectivity index (χ1n) is 6.74. The van der Waals surface area contributed by atoms with Crippen LogP contribution in [0.3, 0.4) is 0 Å². The number of nitrogens with zero attached hydrogens (tertiary/aromatic N) is 2. The third-order valence-electron chi connectivity index (χ3n) is 4.11. The molecule has 0 radical (unpaired) electrons. The fourth-order valence-electron chi connectivity index (χ4n) is 3.27. The van der Waals surface area contributed by atoms with Gasteiger partial charge in [-0.2, -0.15) is 0 Å². The second-order valence-corrected chi connectivity index (χ2v) is 6.45. The maximum Gasteiger partial charge on any atom is 0.223 e. The van der Waals surface area contributed by atoms with Crippen molar-refractivity contribution >= 4 is 22.4 Å². The molecule has 1 aliphatic carbocycles. The third-order valence-corrected chi connectivity index (χ3v) is 4.92. The van der Waals surface area contributed by atoms with E-state index in [1.54, 1.807) is 0 Å². The number of aliphatic hydroxyl groups excluding tert-OH is 1. The zero-order valence-corrected chi connectivity index (χ0v) is 11.8. The topological polar surface area (TPSA) is 65.5 Å². The maximum atomic E-state index is 11.0. The molecule has 0 spiro atoms. The normalized spacial score (nSPS) is 30.5. The summed E-state index contributed by atoms with van der Waals surface area (Å²) in [4.78, 5) is 17.7. The summed E-state index contributed by atoms with van der Waals surface area (Å²) in [5.74, 6) is 1.02. The number of anilines is 1. The van der Waals surface area contributed by atoms with E-state index in [1.165, 1.54) is 18.3 Å². The molecule has 3 atom stereocenters. The zero-order chi connectivity index (χ0) is 13.4. The van der Waals surface area contributed by atoms with Gasteiger partial charge in [0.1, 0.15) is 0 Å². The van der Waals surface area contributed by atoms with Crippen molar-refractivity contribution in [2.24, 2.45) is 11.8 Å². The minimum absolute atomic E-state index is 0.0836. The van der Waals surface area contributed by atoms with Crippen molar-refractivity contribution in [3.63, 3.8) is 0 Å². The molecule has 1 saturated carbocycles. The van der Waals surface area contributed by atoms with Crippen LogP contribution in [0.1, 0.15) is 25.5 Å². The van der Waals surface area contributed by atoms with E-state index in [0.717, 1.165) is 38.2 Å². The standard InChI is InChI=1S/C13H19N3O2S/c1-8(17)14-13-15-10(7-19-13)5-16-4-9-2-3-12(18)11(9)6-16/h7,9,11-12,18H,2-6H2,1H3,(H,14,15,17). The number of nitrogens with one attached hydrogen (secondary N) is 1. The van der Waals surface area contributed by atoms with Crippen molar-refractivity contribution in [3.8, 4) is 0 Å². The Morgan fingerprint density at radius 1 is 1.58 bits per heavy atom. The molecule has 0 aromatic carbocycles. The van der Waals surface area contributed by atoms with Crippen molar-refractivity contribution in [3.05, 3.63) is 11.1 Å². The van der Waals surface area contributed by atoms with Gasteiger partial charge < -0.3 is 10.4 Å². The number of carbonyl (C=O) groups is 1. The molecule has 2 N–H and O–H groups in total. The lowest BCUT2D eigenvalue weighted by Gasteiger charge is -2.16. The highest BCUT2D eigenvalue weighted by Gasteiger charge is 2.41. The summed E-state index contributed by atoms with van der Waals surface area (Å²) in [5, 5.41) is 15.3. The summed E-state index contributed by atoms with van der Waals surface area (Å²) in [6.45, 7) is 4.34. The van der Waals surface area contributed by atoms with E-state index >= 15 is 0 Å². The Balaban J connectivity index is 1.57. The van der Waals surface area contributed by atoms with Gasteiger partial charge in [-0.05, 0) is 18.8 Å². The molecular weight excluding hydrogens is 262 g/mol. The van der Waals surface area contributed by atoms with Crippen LogP contribution < -0.4 is 5.32 Å². The molecule has 1 aliphatic heterocycles. The van der Waals surface area contributed by atoms with Gasteiger partial charge in [0.2, 0.25) is 5.91 Å². The highest BCUT2D eigenvalue weighted by Crippen LogP contribution is 2.38. The highest BCUT2D eigenvalue weighted by atomic mass is 32.1. The molecule has 2 heterocycles. The minimum Gasteiger partial charge on any atom is -0.393 e. The summed E-state index contributed by atoms with van der Waals surface area (Å²) >= 11 is 1.46. The SMILES string of the molecule is CC(=O)Nc1nc(CN2CC3CCC(O)C3C2)cs1. The Morgan fingerprint density at radius 2 is 2.42 bits per heavy atom. The first-order chi connectivity index (χ1) is 9.11. The van der Waals surface area contributed by atoms with Crippen LogP contribution in [0.15, 0.2) is 5.38 Å². The Hall–Kier alpha value is -0.980. The molecule has 3 unspecified atom stereocenters. The van der Waals surface area contributed by atoms with Crippen LogP contribution in [0.5, 0.6) is 0 Å². The summed E-state index contributed by atoms with van der Waals surface area (Å²) in [6, 6.07) is 0. The molecule has 6 heteroatoms. The largest absolute Gasteiger partial charge is 0.393 e. The van der Waals surface area contributed by atoms with E-state index < -0.39 is 0 Å². The molecular formula is C13H19N3O2S. The molecule has 5 nitrogen and oxygen atoms in total. The van der Waals surface area contributed by atoms with Crippen LogP contribution in [0.25, 0.3) is 0 Å². The summed E-state index contributed by atoms with van der Waals surface area (Å²) < 4.78 is 0. The van der Waals surface area contributed by atoms with E-state index in [0.29, 0.717) is 17.0 Å². The van der Waals surface area contributed by atoms with Crippen LogP contribution in [0.2, 0.25) is 0 Å². The fourth-order valence-corrected chi connectivity index (χ4v) is 4.02. The third kappa shape index (κ3) is 2.80. The molecule has 2 aliphatic rings. The van der Waals surface area contributed by atoms with Gasteiger partial charge in [-0.15, -0.1) is 11.3 Å². The number of amides is 1. The lowest BCUT2D eigenvalue weighted by atomic mass is 10.00. The Morgan fingerprint density at radius 3 is 3.16 bits per heavy atom. The number of aromatic nitrogens is 1. The van der Waals surface area contributed by atoms with Crippen molar-refractivity contribution in [2.75, 3.05) is 18.4 Å². The minimum atomic E-state index is -0.111. The smallest absolute Gasteiger partial charge is 0.223 e. The average Bonchev–Trinajstić information content (AvgIpc) is 2.99. The van der Waals surface area contributed by atoms with Crippen molar-refractivity contribution in [1.82, 2.24) is 9.88 Å². The van der Waals surface area contributed by atoms with Crippen LogP contribution >= 0.6 is 11.3 Å². The van der Waals surface area contributed by atoms with E-state index in [4.69, 9.17) is 0 Å². The van der Waals surface area contributed by atoms with Gasteiger partial charge >= 0.3 is 0 Å². The van der Waals surface area contributed by atoms with E-state index in [2.05, 4.69) is 15.2 Å². The Kier molecular flexibility index (Phi) is 3.56. The molecule has 1 aromatic heterocycles. The number of aliphatic hydroxyl groups is 1. The Labute approximate surface area is 116 Å². The second-order valence-electron chi connectivity index (χ2n) is 5.59.